The highest BCUT2D eigenvalue weighted by Crippen LogP contribution is 2.40. The first-order valence-corrected chi connectivity index (χ1v) is 9.14. The van der Waals surface area contributed by atoms with E-state index in [4.69, 9.17) is 25.8 Å². The number of carbonyl (C=O) groups is 1. The third-order valence-electron chi connectivity index (χ3n) is 3.81. The number of nitrogens with zero attached hydrogens (tertiary/aromatic N) is 1. The van der Waals surface area contributed by atoms with Gasteiger partial charge in [-0.05, 0) is 51.5 Å². The number of H-pyrrole nitrogens is 1. The summed E-state index contributed by atoms with van der Waals surface area (Å²) in [7, 11) is 0. The fraction of sp³-hybridized carbons (Fsp3) is 0.350. The molecule has 1 aromatic carbocycles. The van der Waals surface area contributed by atoms with Crippen LogP contribution in [0.4, 0.5) is 0 Å². The number of carbonyl (C=O) groups excluding carboxylic acids is 1. The van der Waals surface area contributed by atoms with E-state index in [1.165, 1.54) is 0 Å². The molecule has 0 aliphatic carbocycles. The van der Waals surface area contributed by atoms with Crippen LogP contribution in [0.2, 0.25) is 5.02 Å². The van der Waals surface area contributed by atoms with Crippen LogP contribution in [-0.4, -0.2) is 30.3 Å². The van der Waals surface area contributed by atoms with Gasteiger partial charge in [-0.1, -0.05) is 11.6 Å². The summed E-state index contributed by atoms with van der Waals surface area (Å²) in [5, 5.41) is 9.55. The van der Waals surface area contributed by atoms with Gasteiger partial charge in [0.15, 0.2) is 17.6 Å². The fourth-order valence-electron chi connectivity index (χ4n) is 2.61. The predicted molar refractivity (Wildman–Crippen MR) is 105 cm³/mol. The first-order valence-electron chi connectivity index (χ1n) is 8.76. The van der Waals surface area contributed by atoms with Crippen LogP contribution < -0.4 is 15.0 Å². The molecule has 0 aliphatic rings. The summed E-state index contributed by atoms with van der Waals surface area (Å²) >= 11 is 6.40. The number of rotatable bonds is 7. The summed E-state index contributed by atoms with van der Waals surface area (Å²) in [6, 6.07) is 6.78. The SMILES string of the molecule is CCOC(=O)C(C)Oc1c(Cl)cc(-c2cc(C)[nH]c(=O)c2C#N)cc1OCC. The number of halogens is 1. The number of aromatic amines is 1. The second-order valence-electron chi connectivity index (χ2n) is 5.91. The second-order valence-corrected chi connectivity index (χ2v) is 6.32. The molecule has 0 aliphatic heterocycles. The normalized spacial score (nSPS) is 11.4. The molecule has 0 saturated carbocycles. The van der Waals surface area contributed by atoms with Crippen molar-refractivity contribution in [2.45, 2.75) is 33.8 Å². The number of nitrogens with one attached hydrogen (secondary N) is 1. The molecule has 8 heteroatoms. The monoisotopic (exact) mass is 404 g/mol. The van der Waals surface area contributed by atoms with Crippen LogP contribution in [0.3, 0.4) is 0 Å². The van der Waals surface area contributed by atoms with Gasteiger partial charge in [0, 0.05) is 11.3 Å². The zero-order chi connectivity index (χ0) is 20.8. The van der Waals surface area contributed by atoms with E-state index in [-0.39, 0.29) is 22.9 Å². The fourth-order valence-corrected chi connectivity index (χ4v) is 2.87. The maximum atomic E-state index is 12.1. The number of aryl methyl sites for hydroxylation is 1. The van der Waals surface area contributed by atoms with Gasteiger partial charge >= 0.3 is 5.97 Å². The number of esters is 1. The number of ether oxygens (including phenoxy) is 3. The van der Waals surface area contributed by atoms with Gasteiger partial charge in [0.05, 0.1) is 18.2 Å². The Morgan fingerprint density at radius 2 is 2.00 bits per heavy atom. The summed E-state index contributed by atoms with van der Waals surface area (Å²) in [4.78, 5) is 26.6. The quantitative estimate of drug-likeness (QED) is 0.707. The number of hydrogen-bond acceptors (Lipinski definition) is 6. The van der Waals surface area contributed by atoms with Gasteiger partial charge in [-0.2, -0.15) is 5.26 Å². The highest BCUT2D eigenvalue weighted by molar-refractivity contribution is 6.32. The summed E-state index contributed by atoms with van der Waals surface area (Å²) in [5.41, 5.74) is 1.04. The Kier molecular flexibility index (Phi) is 7.07. The van der Waals surface area contributed by atoms with Crippen LogP contribution in [0, 0.1) is 18.3 Å². The minimum Gasteiger partial charge on any atom is -0.490 e. The molecular weight excluding hydrogens is 384 g/mol. The maximum absolute atomic E-state index is 12.1. The molecule has 1 unspecified atom stereocenters. The maximum Gasteiger partial charge on any atom is 0.347 e. The minimum absolute atomic E-state index is 0.0299. The van der Waals surface area contributed by atoms with Crippen molar-refractivity contribution in [3.05, 3.63) is 44.8 Å². The van der Waals surface area contributed by atoms with Crippen molar-refractivity contribution < 1.29 is 19.0 Å². The number of nitriles is 1. The molecule has 148 valence electrons. The molecule has 0 radical (unpaired) electrons. The van der Waals surface area contributed by atoms with Gasteiger partial charge in [-0.15, -0.1) is 0 Å². The largest absolute Gasteiger partial charge is 0.490 e. The third-order valence-corrected chi connectivity index (χ3v) is 4.09. The minimum atomic E-state index is -0.890. The highest BCUT2D eigenvalue weighted by Gasteiger charge is 2.22. The van der Waals surface area contributed by atoms with Crippen LogP contribution in [0.1, 0.15) is 32.0 Å². The topological polar surface area (TPSA) is 101 Å². The van der Waals surface area contributed by atoms with Crippen molar-refractivity contribution >= 4 is 17.6 Å². The number of aromatic nitrogens is 1. The van der Waals surface area contributed by atoms with Gasteiger partial charge in [0.1, 0.15) is 11.6 Å². The molecule has 0 spiro atoms. The molecular formula is C20H21ClN2O5. The molecule has 1 N–H and O–H groups in total. The van der Waals surface area contributed by atoms with E-state index in [9.17, 15) is 14.9 Å². The smallest absolute Gasteiger partial charge is 0.347 e. The van der Waals surface area contributed by atoms with E-state index in [1.54, 1.807) is 45.9 Å². The molecule has 1 heterocycles. The van der Waals surface area contributed by atoms with Crippen molar-refractivity contribution in [1.82, 2.24) is 4.98 Å². The number of pyridine rings is 1. The predicted octanol–water partition coefficient (Wildman–Crippen LogP) is 3.60. The van der Waals surface area contributed by atoms with Gasteiger partial charge in [0.25, 0.3) is 5.56 Å². The summed E-state index contributed by atoms with van der Waals surface area (Å²) in [6.45, 7) is 7.31. The van der Waals surface area contributed by atoms with Crippen molar-refractivity contribution in [3.8, 4) is 28.7 Å². The van der Waals surface area contributed by atoms with Gasteiger partial charge in [-0.3, -0.25) is 4.79 Å². The van der Waals surface area contributed by atoms with E-state index >= 15 is 0 Å². The van der Waals surface area contributed by atoms with Gasteiger partial charge in [-0.25, -0.2) is 4.79 Å². The van der Waals surface area contributed by atoms with Crippen molar-refractivity contribution in [2.24, 2.45) is 0 Å². The average Bonchev–Trinajstić information content (AvgIpc) is 2.63. The molecule has 0 amide bonds. The van der Waals surface area contributed by atoms with Crippen LogP contribution >= 0.6 is 11.6 Å². The standard InChI is InChI=1S/C20H21ClN2O5/c1-5-26-17-9-13(14-7-11(3)23-19(24)15(14)10-22)8-16(21)18(17)28-12(4)20(25)27-6-2/h7-9,12H,5-6H2,1-4H3,(H,23,24). The second kappa shape index (κ2) is 9.29. The molecule has 1 atom stereocenters. The molecule has 2 aromatic rings. The summed E-state index contributed by atoms with van der Waals surface area (Å²) in [5.74, 6) is -0.0436. The number of benzene rings is 1. The molecule has 0 fully saturated rings. The Morgan fingerprint density at radius 3 is 2.61 bits per heavy atom. The Hall–Kier alpha value is -2.98. The molecule has 2 rings (SSSR count). The first-order chi connectivity index (χ1) is 13.3. The van der Waals surface area contributed by atoms with Crippen LogP contribution in [0.5, 0.6) is 11.5 Å². The van der Waals surface area contributed by atoms with Crippen LogP contribution in [-0.2, 0) is 9.53 Å². The molecule has 1 aromatic heterocycles. The van der Waals surface area contributed by atoms with Crippen LogP contribution in [0.15, 0.2) is 23.0 Å². The lowest BCUT2D eigenvalue weighted by Gasteiger charge is -2.19. The van der Waals surface area contributed by atoms with E-state index in [2.05, 4.69) is 4.98 Å². The lowest BCUT2D eigenvalue weighted by Crippen LogP contribution is -2.26. The zero-order valence-corrected chi connectivity index (χ0v) is 16.8. The highest BCUT2D eigenvalue weighted by atomic mass is 35.5. The lowest BCUT2D eigenvalue weighted by molar-refractivity contribution is -0.150. The average molecular weight is 405 g/mol. The van der Waals surface area contributed by atoms with Gasteiger partial charge < -0.3 is 19.2 Å². The van der Waals surface area contributed by atoms with Gasteiger partial charge in [0.2, 0.25) is 0 Å². The van der Waals surface area contributed by atoms with E-state index in [1.807, 2.05) is 6.07 Å². The molecule has 28 heavy (non-hydrogen) atoms. The Morgan fingerprint density at radius 1 is 1.29 bits per heavy atom. The first kappa shape index (κ1) is 21.3. The third kappa shape index (κ3) is 4.65. The van der Waals surface area contributed by atoms with E-state index < -0.39 is 17.6 Å². The Labute approximate surface area is 167 Å². The molecule has 7 nitrogen and oxygen atoms in total. The van der Waals surface area contributed by atoms with Crippen molar-refractivity contribution in [2.75, 3.05) is 13.2 Å². The summed E-state index contributed by atoms with van der Waals surface area (Å²) in [6.07, 6.45) is -0.890. The van der Waals surface area contributed by atoms with E-state index in [0.717, 1.165) is 0 Å². The lowest BCUT2D eigenvalue weighted by atomic mass is 10.0. The Balaban J connectivity index is 2.56. The molecule has 0 bridgehead atoms. The number of hydrogen-bond donors (Lipinski definition) is 1. The van der Waals surface area contributed by atoms with Crippen molar-refractivity contribution in [3.63, 3.8) is 0 Å². The van der Waals surface area contributed by atoms with Crippen molar-refractivity contribution in [1.29, 1.82) is 5.26 Å². The molecule has 0 saturated heterocycles. The van der Waals surface area contributed by atoms with E-state index in [0.29, 0.717) is 29.2 Å². The Bertz CT molecular complexity index is 978. The van der Waals surface area contributed by atoms with Crippen LogP contribution in [0.25, 0.3) is 11.1 Å². The summed E-state index contributed by atoms with van der Waals surface area (Å²) < 4.78 is 16.2. The zero-order valence-electron chi connectivity index (χ0n) is 16.1.